The molecule has 5 rings (SSSR count). The maximum atomic E-state index is 12.9. The topological polar surface area (TPSA) is 87.0 Å². The molecule has 4 saturated carbocycles. The van der Waals surface area contributed by atoms with E-state index in [2.05, 4.69) is 6.92 Å². The van der Waals surface area contributed by atoms with Crippen LogP contribution in [0.4, 0.5) is 0 Å². The zero-order valence-electron chi connectivity index (χ0n) is 15.9. The van der Waals surface area contributed by atoms with Gasteiger partial charge in [-0.3, -0.25) is 4.79 Å². The molecule has 146 valence electrons. The Bertz CT molecular complexity index is 646. The zero-order chi connectivity index (χ0) is 18.5. The predicted molar refractivity (Wildman–Crippen MR) is 93.7 cm³/mol. The van der Waals surface area contributed by atoms with Crippen LogP contribution in [0, 0.1) is 34.5 Å². The molecule has 0 radical (unpaired) electrons. The van der Waals surface area contributed by atoms with Crippen molar-refractivity contribution in [3.63, 3.8) is 0 Å². The summed E-state index contributed by atoms with van der Waals surface area (Å²) in [4.78, 5) is 12.9. The molecule has 0 aromatic heterocycles. The van der Waals surface area contributed by atoms with Crippen LogP contribution in [0.15, 0.2) is 0 Å². The molecular formula is C21H32O5. The highest BCUT2D eigenvalue weighted by molar-refractivity contribution is 5.83. The Kier molecular flexibility index (Phi) is 3.38. The Balaban J connectivity index is 1.54. The first kappa shape index (κ1) is 17.4. The smallest absolute Gasteiger partial charge is 0.318 e. The van der Waals surface area contributed by atoms with E-state index in [0.29, 0.717) is 31.1 Å². The molecular weight excluding hydrogens is 332 g/mol. The quantitative estimate of drug-likeness (QED) is 0.575. The summed E-state index contributed by atoms with van der Waals surface area (Å²) in [5, 5.41) is 32.8. The highest BCUT2D eigenvalue weighted by atomic mass is 16.7. The zero-order valence-corrected chi connectivity index (χ0v) is 15.9. The summed E-state index contributed by atoms with van der Waals surface area (Å²) in [7, 11) is 0. The first-order valence-corrected chi connectivity index (χ1v) is 10.5. The van der Waals surface area contributed by atoms with Crippen molar-refractivity contribution in [3.8, 4) is 0 Å². The van der Waals surface area contributed by atoms with Crippen LogP contribution in [0.1, 0.15) is 71.6 Å². The highest BCUT2D eigenvalue weighted by Crippen LogP contribution is 2.72. The van der Waals surface area contributed by atoms with E-state index in [1.165, 1.54) is 0 Å². The van der Waals surface area contributed by atoms with Gasteiger partial charge in [0.2, 0.25) is 5.79 Å². The Morgan fingerprint density at radius 3 is 2.50 bits per heavy atom. The van der Waals surface area contributed by atoms with Crippen molar-refractivity contribution in [2.45, 2.75) is 89.1 Å². The summed E-state index contributed by atoms with van der Waals surface area (Å²) >= 11 is 0. The van der Waals surface area contributed by atoms with Crippen LogP contribution >= 0.6 is 0 Å². The van der Waals surface area contributed by atoms with Gasteiger partial charge in [0.25, 0.3) is 0 Å². The fourth-order valence-electron chi connectivity index (χ4n) is 8.40. The summed E-state index contributed by atoms with van der Waals surface area (Å²) in [5.74, 6) is -1.13. The lowest BCUT2D eigenvalue weighted by Crippen LogP contribution is -2.64. The molecule has 1 heterocycles. The second kappa shape index (κ2) is 5.03. The third-order valence-electron chi connectivity index (χ3n) is 9.62. The van der Waals surface area contributed by atoms with E-state index >= 15 is 0 Å². The van der Waals surface area contributed by atoms with Crippen molar-refractivity contribution in [3.05, 3.63) is 0 Å². The molecule has 5 nitrogen and oxygen atoms in total. The van der Waals surface area contributed by atoms with Gasteiger partial charge in [0.1, 0.15) is 5.41 Å². The molecule has 0 amide bonds. The molecule has 0 aromatic rings. The normalized spacial score (nSPS) is 61.3. The van der Waals surface area contributed by atoms with E-state index in [-0.39, 0.29) is 29.3 Å². The summed E-state index contributed by atoms with van der Waals surface area (Å²) in [6.07, 6.45) is 7.26. The first-order valence-electron chi connectivity index (χ1n) is 10.5. The maximum absolute atomic E-state index is 12.9. The van der Waals surface area contributed by atoms with Crippen LogP contribution in [0.5, 0.6) is 0 Å². The fraction of sp³-hybridized carbons (Fsp3) is 0.952. The number of aliphatic hydroxyl groups excluding tert-OH is 1. The van der Waals surface area contributed by atoms with Crippen molar-refractivity contribution in [1.29, 1.82) is 0 Å². The number of fused-ring (bicyclic) bond motifs is 4. The van der Waals surface area contributed by atoms with Crippen LogP contribution in [-0.2, 0) is 9.53 Å². The standard InChI is InChI=1S/C21H32O5/c1-18-8-5-13(22)11-12(18)3-4-15-14(18)6-9-20-16(7-10-21(15,20)25)19(2,24)26-17(20)23/h12-16,22,24-25H,3-11H2,1-2H3/t12-,13+,14+,15-,16-,18+,19-,20-,21+/m1/s1. The molecule has 0 bridgehead atoms. The van der Waals surface area contributed by atoms with Gasteiger partial charge in [-0.15, -0.1) is 0 Å². The summed E-state index contributed by atoms with van der Waals surface area (Å²) in [6.45, 7) is 3.94. The molecule has 1 saturated heterocycles. The summed E-state index contributed by atoms with van der Waals surface area (Å²) < 4.78 is 5.39. The third-order valence-corrected chi connectivity index (χ3v) is 9.62. The van der Waals surface area contributed by atoms with Crippen molar-refractivity contribution >= 4 is 5.97 Å². The lowest BCUT2D eigenvalue weighted by molar-refractivity contribution is -0.213. The van der Waals surface area contributed by atoms with E-state index in [1.54, 1.807) is 6.92 Å². The van der Waals surface area contributed by atoms with Crippen LogP contribution in [0.2, 0.25) is 0 Å². The number of rotatable bonds is 0. The summed E-state index contributed by atoms with van der Waals surface area (Å²) in [5.41, 5.74) is -1.83. The molecule has 0 aromatic carbocycles. The highest BCUT2D eigenvalue weighted by Gasteiger charge is 2.78. The molecule has 5 fully saturated rings. The van der Waals surface area contributed by atoms with Crippen LogP contribution in [0.25, 0.3) is 0 Å². The largest absolute Gasteiger partial charge is 0.433 e. The second-order valence-corrected chi connectivity index (χ2v) is 10.4. The average Bonchev–Trinajstić information content (AvgIpc) is 2.99. The van der Waals surface area contributed by atoms with Crippen LogP contribution in [-0.4, -0.2) is 38.8 Å². The first-order chi connectivity index (χ1) is 12.2. The number of carbonyl (C=O) groups excluding carboxylic acids is 1. The molecule has 5 heteroatoms. The Labute approximate surface area is 155 Å². The van der Waals surface area contributed by atoms with Gasteiger partial charge in [0, 0.05) is 12.8 Å². The van der Waals surface area contributed by atoms with Crippen molar-refractivity contribution in [1.82, 2.24) is 0 Å². The van der Waals surface area contributed by atoms with Gasteiger partial charge in [-0.25, -0.2) is 0 Å². The minimum Gasteiger partial charge on any atom is -0.433 e. The maximum Gasteiger partial charge on any atom is 0.318 e. The SMILES string of the molecule is C[C@]12CC[C@H](O)C[C@H]1CC[C@@H]1[C@@H]2CC[C@]23C(=O)O[C@@](C)(O)[C@H]2CC[C@]13O. The van der Waals surface area contributed by atoms with Gasteiger partial charge in [-0.1, -0.05) is 6.92 Å². The van der Waals surface area contributed by atoms with E-state index < -0.39 is 16.8 Å². The van der Waals surface area contributed by atoms with Crippen molar-refractivity contribution in [2.24, 2.45) is 34.5 Å². The number of ether oxygens (including phenoxy) is 1. The minimum atomic E-state index is -1.45. The number of hydrogen-bond donors (Lipinski definition) is 3. The van der Waals surface area contributed by atoms with Gasteiger partial charge >= 0.3 is 5.97 Å². The van der Waals surface area contributed by atoms with Gasteiger partial charge in [-0.05, 0) is 81.0 Å². The second-order valence-electron chi connectivity index (χ2n) is 10.4. The average molecular weight is 364 g/mol. The Morgan fingerprint density at radius 2 is 1.73 bits per heavy atom. The molecule has 4 aliphatic carbocycles. The monoisotopic (exact) mass is 364 g/mol. The molecule has 1 aliphatic heterocycles. The lowest BCUT2D eigenvalue weighted by Gasteiger charge is -2.62. The molecule has 5 aliphatic rings. The van der Waals surface area contributed by atoms with Gasteiger partial charge in [0.15, 0.2) is 0 Å². The van der Waals surface area contributed by atoms with Crippen LogP contribution < -0.4 is 0 Å². The Hall–Kier alpha value is -0.650. The Morgan fingerprint density at radius 1 is 0.962 bits per heavy atom. The van der Waals surface area contributed by atoms with E-state index in [1.807, 2.05) is 0 Å². The lowest BCUT2D eigenvalue weighted by atomic mass is 9.43. The molecule has 9 atom stereocenters. The molecule has 26 heavy (non-hydrogen) atoms. The predicted octanol–water partition coefficient (Wildman–Crippen LogP) is 2.37. The molecule has 3 N–H and O–H groups in total. The summed E-state index contributed by atoms with van der Waals surface area (Å²) in [6, 6.07) is 0. The fourth-order valence-corrected chi connectivity index (χ4v) is 8.40. The number of hydrogen-bond acceptors (Lipinski definition) is 5. The van der Waals surface area contributed by atoms with Crippen molar-refractivity contribution < 1.29 is 24.9 Å². The molecule has 1 spiro atoms. The van der Waals surface area contributed by atoms with Gasteiger partial charge in [0.05, 0.1) is 11.7 Å². The van der Waals surface area contributed by atoms with Gasteiger partial charge in [-0.2, -0.15) is 0 Å². The molecule has 0 unspecified atom stereocenters. The number of cyclic esters (lactones) is 1. The van der Waals surface area contributed by atoms with Gasteiger partial charge < -0.3 is 20.1 Å². The minimum absolute atomic E-state index is 0.0965. The van der Waals surface area contributed by atoms with E-state index in [0.717, 1.165) is 38.5 Å². The van der Waals surface area contributed by atoms with Crippen molar-refractivity contribution in [2.75, 3.05) is 0 Å². The number of aliphatic hydroxyl groups is 3. The third kappa shape index (κ3) is 1.81. The van der Waals surface area contributed by atoms with E-state index in [9.17, 15) is 20.1 Å². The number of esters is 1. The number of carbonyl (C=O) groups is 1. The van der Waals surface area contributed by atoms with E-state index in [4.69, 9.17) is 4.74 Å². The van der Waals surface area contributed by atoms with Crippen LogP contribution in [0.3, 0.4) is 0 Å².